The number of benzene rings is 4. The quantitative estimate of drug-likeness (QED) is 0.0293. The van der Waals surface area contributed by atoms with Crippen molar-refractivity contribution in [1.29, 1.82) is 0 Å². The highest BCUT2D eigenvalue weighted by Crippen LogP contribution is 2.33. The number of hydrogen-bond donors (Lipinski definition) is 5. The number of amides is 13. The number of anilines is 8. The monoisotopic (exact) mass is 1660 g/mol. The zero-order valence-corrected chi connectivity index (χ0v) is 70.1. The van der Waals surface area contributed by atoms with Crippen molar-refractivity contribution >= 4 is 127 Å². The standard InChI is InChI=1S/C23H29N5O3.C22H26N4O4.C21H24N4O4.C20H23BrN4O2/c1-15(2)20-13-27(18-9-10-19(24-12-18)22(30)26(4)5)23(31)28(20)14-21(29)25-17-8-6-7-16(3)11-17;1-14(2)19-12-25(17-8-9-18(23-11-17)21(28)30-4)22(29)26(19)13-20(27)24-16-7-5-6-15(3)10-16;1-13(2)18-11-24(16-7-8-17(20(27)28)22-10-16)21(29)25(18)12-19(26)23-15-6-4-5-14(3)9-15;1-13(2)17-11-24(16-7-8-18(21)22-10-16)20(27)25(17)12-19(26)23-15-6-4-5-14(3)9-15/h6-12,15,20H,13-14H2,1-5H3,(H,25,29);5-11,14,19H,12-13H2,1-4H3,(H,24,27);4-10,13,18H,11-12H2,1-3H3,(H,23,26)(H,27,28);4-10,13,17H,11-12H2,1-3H3,(H,23,26)/t20-;19-;18-;17-/m1111/s1. The number of pyridine rings is 4. The molecule has 5 N–H and O–H groups in total. The molecule has 0 unspecified atom stereocenters. The number of methoxy groups -OCH3 is 1. The fourth-order valence-corrected chi connectivity index (χ4v) is 13.9. The highest BCUT2D eigenvalue weighted by Gasteiger charge is 2.45. The summed E-state index contributed by atoms with van der Waals surface area (Å²) in [5.41, 5.74) is 9.83. The summed E-state index contributed by atoms with van der Waals surface area (Å²) in [7, 11) is 4.61. The Bertz CT molecular complexity index is 4900. The minimum Gasteiger partial charge on any atom is -0.477 e. The van der Waals surface area contributed by atoms with Crippen molar-refractivity contribution in [3.63, 3.8) is 0 Å². The minimum absolute atomic E-state index is 0.0239. The van der Waals surface area contributed by atoms with Crippen LogP contribution in [0.1, 0.15) is 109 Å². The predicted molar refractivity (Wildman–Crippen MR) is 452 cm³/mol. The van der Waals surface area contributed by atoms with Gasteiger partial charge in [-0.2, -0.15) is 0 Å². The van der Waals surface area contributed by atoms with E-state index in [1.54, 1.807) is 91.0 Å². The molecule has 0 spiro atoms. The molecule has 30 nitrogen and oxygen atoms in total. The van der Waals surface area contributed by atoms with Crippen LogP contribution < -0.4 is 40.9 Å². The van der Waals surface area contributed by atoms with Gasteiger partial charge in [-0.3, -0.25) is 43.6 Å². The van der Waals surface area contributed by atoms with E-state index in [9.17, 15) is 52.7 Å². The van der Waals surface area contributed by atoms with Gasteiger partial charge in [0.1, 0.15) is 47.9 Å². The Morgan fingerprint density at radius 1 is 0.410 bits per heavy atom. The molecule has 13 amide bonds. The summed E-state index contributed by atoms with van der Waals surface area (Å²) in [5, 5.41) is 20.4. The van der Waals surface area contributed by atoms with E-state index >= 15 is 0 Å². The number of halogens is 1. The molecule has 4 aliphatic heterocycles. The van der Waals surface area contributed by atoms with Gasteiger partial charge in [0, 0.05) is 63.0 Å². The number of carboxylic acids is 1. The van der Waals surface area contributed by atoms with Crippen LogP contribution in [0.4, 0.5) is 64.7 Å². The number of carbonyl (C=O) groups is 11. The smallest absolute Gasteiger partial charge is 0.356 e. The van der Waals surface area contributed by atoms with Gasteiger partial charge in [-0.25, -0.2) is 48.7 Å². The number of rotatable bonds is 23. The highest BCUT2D eigenvalue weighted by molar-refractivity contribution is 9.10. The molecule has 616 valence electrons. The maximum Gasteiger partial charge on any atom is 0.356 e. The van der Waals surface area contributed by atoms with Gasteiger partial charge in [0.25, 0.3) is 5.91 Å². The van der Waals surface area contributed by atoms with Crippen LogP contribution in [0.25, 0.3) is 0 Å². The summed E-state index contributed by atoms with van der Waals surface area (Å²) in [4.78, 5) is 168. The zero-order chi connectivity index (χ0) is 85.2. The predicted octanol–water partition coefficient (Wildman–Crippen LogP) is 13.1. The second-order valence-electron chi connectivity index (χ2n) is 30.5. The summed E-state index contributed by atoms with van der Waals surface area (Å²) in [6.07, 6.45) is 6.03. The number of carboxylic acid groups (broad SMARTS) is 1. The van der Waals surface area contributed by atoms with E-state index in [1.165, 1.54) is 47.6 Å². The molecule has 4 aromatic heterocycles. The van der Waals surface area contributed by atoms with Crippen molar-refractivity contribution in [2.24, 2.45) is 23.7 Å². The molecular weight excluding hydrogens is 1560 g/mol. The maximum atomic E-state index is 13.2. The molecule has 4 fully saturated rings. The van der Waals surface area contributed by atoms with Crippen LogP contribution in [0.2, 0.25) is 0 Å². The molecule has 4 aromatic carbocycles. The largest absolute Gasteiger partial charge is 0.477 e. The lowest BCUT2D eigenvalue weighted by Crippen LogP contribution is -2.42. The lowest BCUT2D eigenvalue weighted by atomic mass is 10.0. The molecule has 8 aromatic rings. The second-order valence-corrected chi connectivity index (χ2v) is 31.4. The van der Waals surface area contributed by atoms with Gasteiger partial charge in [0.05, 0.1) is 78.8 Å². The first-order valence-corrected chi connectivity index (χ1v) is 39.2. The fraction of sp³-hybridized carbons (Fsp3) is 0.360. The van der Waals surface area contributed by atoms with E-state index in [1.807, 2.05) is 166 Å². The summed E-state index contributed by atoms with van der Waals surface area (Å²) >= 11 is 3.31. The Balaban J connectivity index is 0.000000178. The summed E-state index contributed by atoms with van der Waals surface area (Å²) in [6, 6.07) is 41.8. The Kier molecular flexibility index (Phi) is 30.2. The first-order chi connectivity index (χ1) is 55.6. The SMILES string of the molecule is COC(=O)c1ccc(N2C[C@H](C(C)C)N(CC(=O)Nc3cccc(C)c3)C2=O)cn1.Cc1cccc(NC(=O)CN2C(=O)N(c3ccc(Br)nc3)C[C@@H]2C(C)C)c1.Cc1cccc(NC(=O)CN2C(=O)N(c3ccc(C(=O)N(C)C)nc3)C[C@@H]2C(C)C)c1.Cc1cccc(NC(=O)CN2C(=O)N(c3ccc(C(=O)O)nc3)C[C@@H]2C(C)C)c1. The number of carbonyl (C=O) groups excluding carboxylic acids is 10. The average molecular weight is 1660 g/mol. The Hall–Kier alpha value is -12.7. The van der Waals surface area contributed by atoms with E-state index in [0.717, 1.165) is 33.6 Å². The van der Waals surface area contributed by atoms with Gasteiger partial charge in [-0.15, -0.1) is 0 Å². The van der Waals surface area contributed by atoms with Gasteiger partial charge in [0.2, 0.25) is 23.6 Å². The maximum absolute atomic E-state index is 13.2. The highest BCUT2D eigenvalue weighted by atomic mass is 79.9. The molecule has 0 aliphatic carbocycles. The number of nitrogens with zero attached hydrogens (tertiary/aromatic N) is 13. The third kappa shape index (κ3) is 23.3. The van der Waals surface area contributed by atoms with E-state index in [0.29, 0.717) is 70.6 Å². The first kappa shape index (κ1) is 88.3. The molecule has 0 bridgehead atoms. The average Bonchev–Trinajstić information content (AvgIpc) is 1.66. The number of nitrogens with one attached hydrogen (secondary N) is 4. The first-order valence-electron chi connectivity index (χ1n) is 38.4. The summed E-state index contributed by atoms with van der Waals surface area (Å²) in [6.45, 7) is 25.8. The second kappa shape index (κ2) is 40.1. The lowest BCUT2D eigenvalue weighted by molar-refractivity contribution is -0.117. The number of hydrogen-bond acceptors (Lipinski definition) is 16. The van der Waals surface area contributed by atoms with Crippen LogP contribution in [0.15, 0.2) is 175 Å². The number of aromatic carboxylic acids is 1. The molecule has 4 atom stereocenters. The van der Waals surface area contributed by atoms with Gasteiger partial charge in [-0.05, 0) is 187 Å². The number of aryl methyl sites for hydroxylation is 4. The van der Waals surface area contributed by atoms with Crippen LogP contribution in [0.5, 0.6) is 0 Å². The molecular formula is C86H102BrN17O13. The molecule has 117 heavy (non-hydrogen) atoms. The van der Waals surface area contributed by atoms with E-state index in [4.69, 9.17) is 5.11 Å². The van der Waals surface area contributed by atoms with Crippen molar-refractivity contribution in [1.82, 2.24) is 44.4 Å². The molecule has 12 rings (SSSR count). The summed E-state index contributed by atoms with van der Waals surface area (Å²) < 4.78 is 5.37. The number of aromatic nitrogens is 4. The Labute approximate surface area is 690 Å². The van der Waals surface area contributed by atoms with Gasteiger partial charge in [0.15, 0.2) is 0 Å². The molecule has 4 aliphatic rings. The van der Waals surface area contributed by atoms with Gasteiger partial charge in [-0.1, -0.05) is 104 Å². The van der Waals surface area contributed by atoms with Crippen LogP contribution in [-0.4, -0.2) is 213 Å². The topological polar surface area (TPSA) is 346 Å². The van der Waals surface area contributed by atoms with Crippen LogP contribution in [-0.2, 0) is 23.9 Å². The van der Waals surface area contributed by atoms with Crippen molar-refractivity contribution < 1.29 is 62.6 Å². The number of ether oxygens (including phenoxy) is 1. The van der Waals surface area contributed by atoms with Crippen molar-refractivity contribution in [3.8, 4) is 0 Å². The third-order valence-corrected chi connectivity index (χ3v) is 20.4. The van der Waals surface area contributed by atoms with Crippen molar-refractivity contribution in [3.05, 3.63) is 214 Å². The Morgan fingerprint density at radius 3 is 0.897 bits per heavy atom. The fourth-order valence-electron chi connectivity index (χ4n) is 13.7. The van der Waals surface area contributed by atoms with Crippen LogP contribution in [0, 0.1) is 51.4 Å². The molecule has 31 heteroatoms. The van der Waals surface area contributed by atoms with Crippen LogP contribution >= 0.6 is 15.9 Å². The molecule has 0 radical (unpaired) electrons. The van der Waals surface area contributed by atoms with E-state index < -0.39 is 11.9 Å². The number of urea groups is 4. The number of esters is 1. The van der Waals surface area contributed by atoms with E-state index in [2.05, 4.69) is 75.7 Å². The summed E-state index contributed by atoms with van der Waals surface area (Å²) in [5.74, 6) is -2.12. The zero-order valence-electron chi connectivity index (χ0n) is 68.5. The molecule has 8 heterocycles. The normalized spacial score (nSPS) is 16.4. The van der Waals surface area contributed by atoms with E-state index in [-0.39, 0.29) is 139 Å². The minimum atomic E-state index is -1.13. The van der Waals surface area contributed by atoms with Gasteiger partial charge < -0.3 is 55.6 Å². The van der Waals surface area contributed by atoms with Gasteiger partial charge >= 0.3 is 36.1 Å². The Morgan fingerprint density at radius 2 is 0.675 bits per heavy atom. The molecule has 0 saturated carbocycles. The third-order valence-electron chi connectivity index (χ3n) is 20.0. The van der Waals surface area contributed by atoms with Crippen molar-refractivity contribution in [2.75, 3.05) is 114 Å². The molecule has 4 saturated heterocycles. The van der Waals surface area contributed by atoms with Crippen molar-refractivity contribution in [2.45, 2.75) is 107 Å². The van der Waals surface area contributed by atoms with Crippen LogP contribution in [0.3, 0.4) is 0 Å². The lowest BCUT2D eigenvalue weighted by Gasteiger charge is -2.25.